The van der Waals surface area contributed by atoms with E-state index in [0.29, 0.717) is 4.99 Å². The number of benzene rings is 1. The van der Waals surface area contributed by atoms with Crippen LogP contribution in [-0.2, 0) is 6.42 Å². The second-order valence-electron chi connectivity index (χ2n) is 2.70. The first kappa shape index (κ1) is 9.16. The summed E-state index contributed by atoms with van der Waals surface area (Å²) in [4.78, 5) is 0.374. The Bertz CT molecular complexity index is 258. The summed E-state index contributed by atoms with van der Waals surface area (Å²) < 4.78 is 0. The minimum atomic E-state index is -0.206. The number of nitrogens with two attached hydrogens (primary N) is 2. The molecule has 0 amide bonds. The molecule has 0 heterocycles. The van der Waals surface area contributed by atoms with Gasteiger partial charge in [-0.2, -0.15) is 0 Å². The molecule has 12 heavy (non-hydrogen) atoms. The van der Waals surface area contributed by atoms with Gasteiger partial charge < -0.3 is 11.5 Å². The second kappa shape index (κ2) is 4.18. The summed E-state index contributed by atoms with van der Waals surface area (Å²) in [5.41, 5.74) is 12.2. The van der Waals surface area contributed by atoms with Crippen LogP contribution >= 0.6 is 12.2 Å². The first-order valence-electron chi connectivity index (χ1n) is 3.79. The van der Waals surface area contributed by atoms with Gasteiger partial charge in [-0.1, -0.05) is 42.5 Å². The van der Waals surface area contributed by atoms with Crippen LogP contribution in [0.25, 0.3) is 0 Å². The summed E-state index contributed by atoms with van der Waals surface area (Å²) in [6.07, 6.45) is 0.718. The van der Waals surface area contributed by atoms with Gasteiger partial charge in [0.25, 0.3) is 0 Å². The minimum absolute atomic E-state index is 0.206. The Hall–Kier alpha value is -0.930. The predicted octanol–water partition coefficient (Wildman–Crippen LogP) is 0.842. The van der Waals surface area contributed by atoms with Crippen LogP contribution in [0.3, 0.4) is 0 Å². The van der Waals surface area contributed by atoms with E-state index in [1.165, 1.54) is 0 Å². The minimum Gasteiger partial charge on any atom is -0.392 e. The third kappa shape index (κ3) is 2.60. The van der Waals surface area contributed by atoms with Crippen molar-refractivity contribution in [3.8, 4) is 0 Å². The Balaban J connectivity index is 2.58. The van der Waals surface area contributed by atoms with Gasteiger partial charge in [-0.15, -0.1) is 0 Å². The lowest BCUT2D eigenvalue weighted by molar-refractivity contribution is 0.853. The molecule has 1 atom stereocenters. The van der Waals surface area contributed by atoms with Crippen molar-refractivity contribution < 1.29 is 0 Å². The van der Waals surface area contributed by atoms with Crippen molar-refractivity contribution in [1.29, 1.82) is 0 Å². The van der Waals surface area contributed by atoms with E-state index >= 15 is 0 Å². The number of rotatable bonds is 3. The fraction of sp³-hybridized carbons (Fsp3) is 0.222. The van der Waals surface area contributed by atoms with E-state index in [1.54, 1.807) is 0 Å². The highest BCUT2D eigenvalue weighted by molar-refractivity contribution is 7.80. The van der Waals surface area contributed by atoms with E-state index in [2.05, 4.69) is 0 Å². The fourth-order valence-electron chi connectivity index (χ4n) is 0.969. The summed E-state index contributed by atoms with van der Waals surface area (Å²) in [6.45, 7) is 0. The Labute approximate surface area is 77.6 Å². The van der Waals surface area contributed by atoms with Crippen molar-refractivity contribution in [3.63, 3.8) is 0 Å². The molecule has 0 bridgehead atoms. The van der Waals surface area contributed by atoms with Gasteiger partial charge >= 0.3 is 0 Å². The average Bonchev–Trinajstić information content (AvgIpc) is 2.06. The quantitative estimate of drug-likeness (QED) is 0.678. The van der Waals surface area contributed by atoms with Crippen molar-refractivity contribution in [2.45, 2.75) is 12.5 Å². The molecule has 0 saturated heterocycles. The molecule has 0 spiro atoms. The summed E-state index contributed by atoms with van der Waals surface area (Å²) in [5, 5.41) is 0. The van der Waals surface area contributed by atoms with Crippen LogP contribution in [0.5, 0.6) is 0 Å². The molecule has 2 nitrogen and oxygen atoms in total. The molecule has 1 aromatic carbocycles. The zero-order valence-electron chi connectivity index (χ0n) is 6.73. The molecular weight excluding hydrogens is 168 g/mol. The molecule has 1 rings (SSSR count). The van der Waals surface area contributed by atoms with Gasteiger partial charge in [0.05, 0.1) is 11.0 Å². The van der Waals surface area contributed by atoms with Crippen molar-refractivity contribution in [2.75, 3.05) is 0 Å². The van der Waals surface area contributed by atoms with Crippen LogP contribution in [0.2, 0.25) is 0 Å². The van der Waals surface area contributed by atoms with E-state index in [9.17, 15) is 0 Å². The molecule has 4 N–H and O–H groups in total. The zero-order chi connectivity index (χ0) is 8.97. The van der Waals surface area contributed by atoms with Gasteiger partial charge in [-0.05, 0) is 12.0 Å². The Morgan fingerprint density at radius 3 is 2.42 bits per heavy atom. The normalized spacial score (nSPS) is 12.4. The Morgan fingerprint density at radius 2 is 1.92 bits per heavy atom. The molecule has 0 aliphatic carbocycles. The van der Waals surface area contributed by atoms with Crippen LogP contribution < -0.4 is 11.5 Å². The number of hydrogen-bond acceptors (Lipinski definition) is 2. The zero-order valence-corrected chi connectivity index (χ0v) is 7.55. The highest BCUT2D eigenvalue weighted by Crippen LogP contribution is 2.01. The number of thiocarbonyl (C=S) groups is 1. The fourth-order valence-corrected chi connectivity index (χ4v) is 1.05. The highest BCUT2D eigenvalue weighted by Gasteiger charge is 2.05. The summed E-state index contributed by atoms with van der Waals surface area (Å²) >= 11 is 4.77. The molecule has 0 fully saturated rings. The molecule has 0 saturated carbocycles. The van der Waals surface area contributed by atoms with Crippen LogP contribution in [-0.4, -0.2) is 11.0 Å². The predicted molar refractivity (Wildman–Crippen MR) is 54.9 cm³/mol. The van der Waals surface area contributed by atoms with Gasteiger partial charge in [0.15, 0.2) is 0 Å². The lowest BCUT2D eigenvalue weighted by atomic mass is 10.1. The van der Waals surface area contributed by atoms with Crippen molar-refractivity contribution in [2.24, 2.45) is 11.5 Å². The molecule has 3 heteroatoms. The lowest BCUT2D eigenvalue weighted by Gasteiger charge is -2.08. The maximum atomic E-state index is 5.68. The van der Waals surface area contributed by atoms with Crippen LogP contribution in [0.15, 0.2) is 30.3 Å². The van der Waals surface area contributed by atoms with E-state index in [4.69, 9.17) is 23.7 Å². The van der Waals surface area contributed by atoms with Crippen LogP contribution in [0, 0.1) is 0 Å². The Morgan fingerprint density at radius 1 is 1.33 bits per heavy atom. The molecule has 0 radical (unpaired) electrons. The van der Waals surface area contributed by atoms with Gasteiger partial charge in [0, 0.05) is 0 Å². The second-order valence-corrected chi connectivity index (χ2v) is 3.17. The third-order valence-corrected chi connectivity index (χ3v) is 1.97. The maximum Gasteiger partial charge on any atom is 0.0901 e. The van der Waals surface area contributed by atoms with E-state index in [-0.39, 0.29) is 6.04 Å². The van der Waals surface area contributed by atoms with Crippen molar-refractivity contribution in [3.05, 3.63) is 35.9 Å². The van der Waals surface area contributed by atoms with Gasteiger partial charge in [0.2, 0.25) is 0 Å². The molecule has 0 unspecified atom stereocenters. The monoisotopic (exact) mass is 180 g/mol. The molecule has 0 aromatic heterocycles. The SMILES string of the molecule is NC(=S)[C@@H](N)Cc1ccccc1. The summed E-state index contributed by atoms with van der Waals surface area (Å²) in [6, 6.07) is 9.73. The van der Waals surface area contributed by atoms with Gasteiger partial charge in [0.1, 0.15) is 0 Å². The number of hydrogen-bond donors (Lipinski definition) is 2. The van der Waals surface area contributed by atoms with E-state index < -0.39 is 0 Å². The van der Waals surface area contributed by atoms with Crippen LogP contribution in [0.1, 0.15) is 5.56 Å². The lowest BCUT2D eigenvalue weighted by Crippen LogP contribution is -2.36. The molecule has 0 aliphatic heterocycles. The summed E-state index contributed by atoms with van der Waals surface area (Å²) in [5.74, 6) is 0. The average molecular weight is 180 g/mol. The topological polar surface area (TPSA) is 52.0 Å². The molecule has 1 aromatic rings. The van der Waals surface area contributed by atoms with E-state index in [1.807, 2.05) is 30.3 Å². The van der Waals surface area contributed by atoms with Crippen LogP contribution in [0.4, 0.5) is 0 Å². The van der Waals surface area contributed by atoms with Gasteiger partial charge in [-0.3, -0.25) is 0 Å². The van der Waals surface area contributed by atoms with Crippen molar-refractivity contribution >= 4 is 17.2 Å². The highest BCUT2D eigenvalue weighted by atomic mass is 32.1. The first-order valence-corrected chi connectivity index (χ1v) is 4.20. The molecule has 0 aliphatic rings. The Kier molecular flexibility index (Phi) is 3.19. The van der Waals surface area contributed by atoms with Crippen molar-refractivity contribution in [1.82, 2.24) is 0 Å². The maximum absolute atomic E-state index is 5.68. The standard InChI is InChI=1S/C9H12N2S/c10-8(9(11)12)6-7-4-2-1-3-5-7/h1-5,8H,6,10H2,(H2,11,12)/t8-/m0/s1. The van der Waals surface area contributed by atoms with E-state index in [0.717, 1.165) is 12.0 Å². The third-order valence-electron chi connectivity index (χ3n) is 1.66. The smallest absolute Gasteiger partial charge is 0.0901 e. The molecular formula is C9H12N2S. The molecule has 64 valence electrons. The largest absolute Gasteiger partial charge is 0.392 e. The summed E-state index contributed by atoms with van der Waals surface area (Å²) in [7, 11) is 0. The van der Waals surface area contributed by atoms with Gasteiger partial charge in [-0.25, -0.2) is 0 Å². The first-order chi connectivity index (χ1) is 5.70.